The lowest BCUT2D eigenvalue weighted by Gasteiger charge is -2.15. The van der Waals surface area contributed by atoms with Gasteiger partial charge in [-0.1, -0.05) is 31.0 Å². The number of hydrogen-bond donors (Lipinski definition) is 2. The summed E-state index contributed by atoms with van der Waals surface area (Å²) in [6.45, 7) is 3.60. The third-order valence-electron chi connectivity index (χ3n) is 7.12. The van der Waals surface area contributed by atoms with E-state index in [4.69, 9.17) is 28.8 Å². The van der Waals surface area contributed by atoms with Gasteiger partial charge in [-0.05, 0) is 91.6 Å². The second-order valence-electron chi connectivity index (χ2n) is 10.3. The first-order valence-electron chi connectivity index (χ1n) is 14.9. The minimum atomic E-state index is -0.862. The molecule has 3 aromatic carbocycles. The van der Waals surface area contributed by atoms with Gasteiger partial charge in [0, 0.05) is 18.9 Å². The van der Waals surface area contributed by atoms with E-state index >= 15 is 0 Å². The molecule has 0 saturated carbocycles. The lowest BCUT2D eigenvalue weighted by Crippen LogP contribution is -2.07. The van der Waals surface area contributed by atoms with Crippen molar-refractivity contribution in [2.45, 2.75) is 64.7 Å². The highest BCUT2D eigenvalue weighted by Crippen LogP contribution is 2.38. The normalized spacial score (nSPS) is 11.7. The number of carboxylic acid groups (broad SMARTS) is 2. The smallest absolute Gasteiger partial charge is 0.303 e. The molecule has 0 fully saturated rings. The maximum atomic E-state index is 11.2. The van der Waals surface area contributed by atoms with Crippen molar-refractivity contribution in [3.8, 4) is 39.9 Å². The number of carbonyl (C=O) groups is 2. The number of hydrogen-bond acceptors (Lipinski definition) is 7. The molecule has 0 bridgehead atoms. The molecule has 43 heavy (non-hydrogen) atoms. The predicted molar refractivity (Wildman–Crippen MR) is 162 cm³/mol. The highest BCUT2D eigenvalue weighted by atomic mass is 16.7. The fourth-order valence-electron chi connectivity index (χ4n) is 5.01. The van der Waals surface area contributed by atoms with Crippen LogP contribution < -0.4 is 23.7 Å². The molecule has 0 aromatic heterocycles. The Kier molecular flexibility index (Phi) is 11.9. The third kappa shape index (κ3) is 9.84. The maximum absolute atomic E-state index is 11.2. The summed E-state index contributed by atoms with van der Waals surface area (Å²) < 4.78 is 28.7. The molecule has 1 heterocycles. The average Bonchev–Trinajstić information content (AvgIpc) is 3.46. The van der Waals surface area contributed by atoms with Crippen molar-refractivity contribution in [2.75, 3.05) is 26.6 Å². The fraction of sp³-hybridized carbons (Fsp3) is 0.412. The largest absolute Gasteiger partial charge is 0.494 e. The molecule has 4 rings (SSSR count). The standard InChI is InChI=1S/C34H40O9/c1-2-39-27-19-26(25-13-15-31-32(21-25)43-23-42-31)20-28(22-27)40-17-6-4-3-5-9-24-10-7-11-30(29(24)14-16-34(37)38)41-18-8-12-33(35)36/h7,10-11,13,15,19-22H,2-6,8-9,12,14,16-18,23H2,1H3,(H,35,36)(H,37,38). The monoisotopic (exact) mass is 592 g/mol. The molecule has 0 saturated heterocycles. The van der Waals surface area contributed by atoms with Crippen LogP contribution in [0.2, 0.25) is 0 Å². The molecular weight excluding hydrogens is 552 g/mol. The van der Waals surface area contributed by atoms with Crippen molar-refractivity contribution in [1.29, 1.82) is 0 Å². The Hall–Kier alpha value is -4.40. The van der Waals surface area contributed by atoms with Gasteiger partial charge < -0.3 is 33.9 Å². The maximum Gasteiger partial charge on any atom is 0.303 e. The Balaban J connectivity index is 1.27. The number of ether oxygens (including phenoxy) is 5. The summed E-state index contributed by atoms with van der Waals surface area (Å²) in [5, 5.41) is 18.1. The van der Waals surface area contributed by atoms with E-state index in [1.54, 1.807) is 0 Å². The van der Waals surface area contributed by atoms with Gasteiger partial charge in [-0.25, -0.2) is 0 Å². The van der Waals surface area contributed by atoms with Gasteiger partial charge in [-0.3, -0.25) is 9.59 Å². The quantitative estimate of drug-likeness (QED) is 0.143. The molecule has 0 spiro atoms. The van der Waals surface area contributed by atoms with Gasteiger partial charge in [0.25, 0.3) is 0 Å². The zero-order chi connectivity index (χ0) is 30.4. The fourth-order valence-corrected chi connectivity index (χ4v) is 5.01. The van der Waals surface area contributed by atoms with Crippen molar-refractivity contribution in [3.63, 3.8) is 0 Å². The van der Waals surface area contributed by atoms with E-state index in [1.807, 2.05) is 61.5 Å². The number of fused-ring (bicyclic) bond motifs is 1. The number of rotatable bonds is 19. The van der Waals surface area contributed by atoms with Crippen LogP contribution in [0.5, 0.6) is 28.7 Å². The van der Waals surface area contributed by atoms with Crippen molar-refractivity contribution < 1.29 is 43.5 Å². The van der Waals surface area contributed by atoms with E-state index in [9.17, 15) is 14.7 Å². The topological polar surface area (TPSA) is 121 Å². The zero-order valence-corrected chi connectivity index (χ0v) is 24.6. The molecule has 0 aliphatic carbocycles. The van der Waals surface area contributed by atoms with Crippen molar-refractivity contribution in [2.24, 2.45) is 0 Å². The van der Waals surface area contributed by atoms with Crippen molar-refractivity contribution >= 4 is 11.9 Å². The lowest BCUT2D eigenvalue weighted by atomic mass is 9.97. The molecule has 230 valence electrons. The molecule has 9 heteroatoms. The second kappa shape index (κ2) is 16.3. The molecule has 3 aromatic rings. The first-order chi connectivity index (χ1) is 20.9. The van der Waals surface area contributed by atoms with Gasteiger partial charge in [0.1, 0.15) is 17.2 Å². The molecule has 0 amide bonds. The van der Waals surface area contributed by atoms with Crippen LogP contribution in [0.3, 0.4) is 0 Å². The summed E-state index contributed by atoms with van der Waals surface area (Å²) in [4.78, 5) is 22.0. The summed E-state index contributed by atoms with van der Waals surface area (Å²) in [5.41, 5.74) is 3.95. The molecule has 0 atom stereocenters. The van der Waals surface area contributed by atoms with Crippen LogP contribution in [-0.4, -0.2) is 48.8 Å². The predicted octanol–water partition coefficient (Wildman–Crippen LogP) is 6.92. The molecule has 0 radical (unpaired) electrons. The van der Waals surface area contributed by atoms with Crippen LogP contribution in [0.4, 0.5) is 0 Å². The Bertz CT molecular complexity index is 1370. The summed E-state index contributed by atoms with van der Waals surface area (Å²) in [7, 11) is 0. The van der Waals surface area contributed by atoms with E-state index in [0.29, 0.717) is 31.8 Å². The highest BCUT2D eigenvalue weighted by molar-refractivity contribution is 5.70. The third-order valence-corrected chi connectivity index (χ3v) is 7.12. The second-order valence-corrected chi connectivity index (χ2v) is 10.3. The summed E-state index contributed by atoms with van der Waals surface area (Å²) in [5.74, 6) is 1.89. The van der Waals surface area contributed by atoms with Gasteiger partial charge in [-0.15, -0.1) is 0 Å². The average molecular weight is 593 g/mol. The molecule has 2 N–H and O–H groups in total. The van der Waals surface area contributed by atoms with Gasteiger partial charge in [0.15, 0.2) is 11.5 Å². The zero-order valence-electron chi connectivity index (χ0n) is 24.6. The number of benzene rings is 3. The van der Waals surface area contributed by atoms with E-state index in [1.165, 1.54) is 0 Å². The molecule has 1 aliphatic heterocycles. The molecule has 0 unspecified atom stereocenters. The van der Waals surface area contributed by atoms with E-state index in [0.717, 1.165) is 77.4 Å². The van der Waals surface area contributed by atoms with E-state index in [2.05, 4.69) is 0 Å². The van der Waals surface area contributed by atoms with Crippen LogP contribution >= 0.6 is 0 Å². The van der Waals surface area contributed by atoms with E-state index < -0.39 is 11.9 Å². The lowest BCUT2D eigenvalue weighted by molar-refractivity contribution is -0.138. The van der Waals surface area contributed by atoms with Crippen molar-refractivity contribution in [3.05, 3.63) is 65.7 Å². The first-order valence-corrected chi connectivity index (χ1v) is 14.9. The highest BCUT2D eigenvalue weighted by Gasteiger charge is 2.15. The van der Waals surface area contributed by atoms with Gasteiger partial charge in [0.2, 0.25) is 6.79 Å². The van der Waals surface area contributed by atoms with Gasteiger partial charge in [-0.2, -0.15) is 0 Å². The van der Waals surface area contributed by atoms with Gasteiger partial charge >= 0.3 is 11.9 Å². The van der Waals surface area contributed by atoms with E-state index in [-0.39, 0.29) is 26.2 Å². The van der Waals surface area contributed by atoms with Crippen LogP contribution in [-0.2, 0) is 22.4 Å². The van der Waals surface area contributed by atoms with Crippen LogP contribution in [0, 0.1) is 0 Å². The Labute approximate surface area is 252 Å². The van der Waals surface area contributed by atoms with Crippen LogP contribution in [0.15, 0.2) is 54.6 Å². The first kappa shape index (κ1) is 31.5. The Morgan fingerprint density at radius 1 is 0.721 bits per heavy atom. The molecule has 1 aliphatic rings. The molecule has 9 nitrogen and oxygen atoms in total. The Morgan fingerprint density at radius 3 is 2.26 bits per heavy atom. The number of unbranched alkanes of at least 4 members (excludes halogenated alkanes) is 3. The number of carboxylic acids is 2. The van der Waals surface area contributed by atoms with Crippen LogP contribution in [0.1, 0.15) is 63.0 Å². The number of aryl methyl sites for hydroxylation is 1. The summed E-state index contributed by atoms with van der Waals surface area (Å²) >= 11 is 0. The van der Waals surface area contributed by atoms with Crippen LogP contribution in [0.25, 0.3) is 11.1 Å². The minimum absolute atomic E-state index is 0.0146. The summed E-state index contributed by atoms with van der Waals surface area (Å²) in [6, 6.07) is 17.5. The van der Waals surface area contributed by atoms with Crippen molar-refractivity contribution in [1.82, 2.24) is 0 Å². The Morgan fingerprint density at radius 2 is 1.47 bits per heavy atom. The number of aliphatic carboxylic acids is 2. The summed E-state index contributed by atoms with van der Waals surface area (Å²) in [6.07, 6.45) is 5.50. The van der Waals surface area contributed by atoms with Gasteiger partial charge in [0.05, 0.1) is 19.8 Å². The molecular formula is C34H40O9. The SMILES string of the molecule is CCOc1cc(OCCCCCCc2cccc(OCCCC(=O)O)c2CCC(=O)O)cc(-c2ccc3c(c2)OCO3)c1. The minimum Gasteiger partial charge on any atom is -0.494 e.